The lowest BCUT2D eigenvalue weighted by Gasteiger charge is -2.35. The fraction of sp³-hybridized carbons (Fsp3) is 0.278. The Balaban J connectivity index is 1.92. The Morgan fingerprint density at radius 2 is 2.10 bits per heavy atom. The summed E-state index contributed by atoms with van der Waals surface area (Å²) in [7, 11) is 0. The average Bonchev–Trinajstić information content (AvgIpc) is 2.46. The minimum Gasteiger partial charge on any atom is -0.367 e. The second-order valence-corrected chi connectivity index (χ2v) is 5.78. The van der Waals surface area contributed by atoms with Gasteiger partial charge in [-0.3, -0.25) is 0 Å². The van der Waals surface area contributed by atoms with Crippen molar-refractivity contribution >= 4 is 5.69 Å². The first-order valence-corrected chi connectivity index (χ1v) is 7.18. The van der Waals surface area contributed by atoms with E-state index in [0.29, 0.717) is 18.0 Å². The molecule has 0 saturated carbocycles. The summed E-state index contributed by atoms with van der Waals surface area (Å²) >= 11 is 0. The predicted octanol–water partition coefficient (Wildman–Crippen LogP) is 3.90. The van der Waals surface area contributed by atoms with Gasteiger partial charge in [-0.1, -0.05) is 25.1 Å². The van der Waals surface area contributed by atoms with Crippen molar-refractivity contribution in [2.24, 2.45) is 5.92 Å². The van der Waals surface area contributed by atoms with Crippen LogP contribution in [0.15, 0.2) is 42.5 Å². The van der Waals surface area contributed by atoms with Crippen LogP contribution in [0.5, 0.6) is 0 Å². The Labute approximate surface area is 124 Å². The molecule has 1 aliphatic rings. The highest BCUT2D eigenvalue weighted by Crippen LogP contribution is 2.30. The van der Waals surface area contributed by atoms with Gasteiger partial charge in [0, 0.05) is 18.8 Å². The van der Waals surface area contributed by atoms with Crippen LogP contribution in [0.25, 0.3) is 0 Å². The molecule has 2 aromatic rings. The van der Waals surface area contributed by atoms with Crippen LogP contribution in [0.1, 0.15) is 23.6 Å². The summed E-state index contributed by atoms with van der Waals surface area (Å²) < 4.78 is 13.6. The molecule has 2 nitrogen and oxygen atoms in total. The van der Waals surface area contributed by atoms with Crippen LogP contribution in [0.3, 0.4) is 0 Å². The molecule has 0 aliphatic carbocycles. The molecule has 2 aromatic carbocycles. The van der Waals surface area contributed by atoms with E-state index in [4.69, 9.17) is 5.26 Å². The Hall–Kier alpha value is -2.34. The molecule has 21 heavy (non-hydrogen) atoms. The number of nitriles is 1. The smallest absolute Gasteiger partial charge is 0.124 e. The highest BCUT2D eigenvalue weighted by Gasteiger charge is 2.21. The monoisotopic (exact) mass is 280 g/mol. The quantitative estimate of drug-likeness (QED) is 0.834. The molecule has 0 spiro atoms. The molecule has 0 N–H and O–H groups in total. The molecule has 1 aliphatic heterocycles. The molecule has 0 aromatic heterocycles. The maximum absolute atomic E-state index is 13.6. The Morgan fingerprint density at radius 3 is 2.90 bits per heavy atom. The minimum absolute atomic E-state index is 0.345. The number of halogens is 1. The van der Waals surface area contributed by atoms with Crippen molar-refractivity contribution < 1.29 is 4.39 Å². The Kier molecular flexibility index (Phi) is 3.62. The Bertz CT molecular complexity index is 703. The molecular weight excluding hydrogens is 263 g/mol. The minimum atomic E-state index is -0.345. The molecular formula is C18H17FN2. The summed E-state index contributed by atoms with van der Waals surface area (Å²) in [5.41, 5.74) is 3.78. The third-order valence-corrected chi connectivity index (χ3v) is 3.89. The maximum Gasteiger partial charge on any atom is 0.124 e. The van der Waals surface area contributed by atoms with Gasteiger partial charge in [0.1, 0.15) is 5.82 Å². The van der Waals surface area contributed by atoms with Crippen LogP contribution in [0.2, 0.25) is 0 Å². The Morgan fingerprint density at radius 1 is 1.29 bits per heavy atom. The van der Waals surface area contributed by atoms with Gasteiger partial charge in [-0.15, -0.1) is 0 Å². The molecule has 0 amide bonds. The van der Waals surface area contributed by atoms with Crippen molar-refractivity contribution in [1.29, 1.82) is 5.26 Å². The molecule has 3 heteroatoms. The van der Waals surface area contributed by atoms with E-state index in [9.17, 15) is 4.39 Å². The fourth-order valence-electron chi connectivity index (χ4n) is 3.08. The van der Waals surface area contributed by atoms with Gasteiger partial charge in [0.05, 0.1) is 11.6 Å². The zero-order valence-electron chi connectivity index (χ0n) is 12.0. The third kappa shape index (κ3) is 2.90. The molecule has 106 valence electrons. The summed E-state index contributed by atoms with van der Waals surface area (Å²) in [6.45, 7) is 3.82. The first kappa shape index (κ1) is 13.6. The second kappa shape index (κ2) is 5.57. The van der Waals surface area contributed by atoms with E-state index in [0.717, 1.165) is 18.5 Å². The number of rotatable bonds is 2. The molecule has 0 saturated heterocycles. The lowest BCUT2D eigenvalue weighted by atomic mass is 9.93. The number of para-hydroxylation sites is 1. The summed E-state index contributed by atoms with van der Waals surface area (Å²) in [4.78, 5) is 2.28. The molecule has 1 unspecified atom stereocenters. The summed E-state index contributed by atoms with van der Waals surface area (Å²) in [5, 5.41) is 8.96. The lowest BCUT2D eigenvalue weighted by molar-refractivity contribution is 0.529. The van der Waals surface area contributed by atoms with E-state index in [1.807, 2.05) is 12.1 Å². The number of fused-ring (bicyclic) bond motifs is 1. The first-order valence-electron chi connectivity index (χ1n) is 7.18. The zero-order valence-corrected chi connectivity index (χ0v) is 12.0. The van der Waals surface area contributed by atoms with Crippen molar-refractivity contribution in [1.82, 2.24) is 0 Å². The highest BCUT2D eigenvalue weighted by molar-refractivity contribution is 5.56. The summed E-state index contributed by atoms with van der Waals surface area (Å²) in [6, 6.07) is 14.9. The number of anilines is 1. The maximum atomic E-state index is 13.6. The van der Waals surface area contributed by atoms with E-state index in [2.05, 4.69) is 30.0 Å². The zero-order chi connectivity index (χ0) is 14.8. The van der Waals surface area contributed by atoms with Gasteiger partial charge in [-0.05, 0) is 47.7 Å². The molecule has 0 bridgehead atoms. The normalized spacial score (nSPS) is 17.2. The summed E-state index contributed by atoms with van der Waals surface area (Å²) in [5.74, 6) is 0.228. The van der Waals surface area contributed by atoms with Gasteiger partial charge < -0.3 is 4.90 Å². The first-order chi connectivity index (χ1) is 10.2. The van der Waals surface area contributed by atoms with Gasteiger partial charge in [0.15, 0.2) is 0 Å². The van der Waals surface area contributed by atoms with Crippen LogP contribution in [0, 0.1) is 23.1 Å². The standard InChI is InChI=1S/C18H17FN2/c1-13-6-16-4-2-3-5-18(16)21(11-13)12-15-7-14(10-20)8-17(19)9-15/h2-5,7-9,13H,6,11-12H2,1H3. The topological polar surface area (TPSA) is 27.0 Å². The van der Waals surface area contributed by atoms with Crippen LogP contribution >= 0.6 is 0 Å². The summed E-state index contributed by atoms with van der Waals surface area (Å²) in [6.07, 6.45) is 1.08. The second-order valence-electron chi connectivity index (χ2n) is 5.78. The van der Waals surface area contributed by atoms with Gasteiger partial charge in [-0.2, -0.15) is 5.26 Å². The predicted molar refractivity (Wildman–Crippen MR) is 81.5 cm³/mol. The van der Waals surface area contributed by atoms with Gasteiger partial charge in [-0.25, -0.2) is 4.39 Å². The largest absolute Gasteiger partial charge is 0.367 e. The fourth-order valence-corrected chi connectivity index (χ4v) is 3.08. The number of hydrogen-bond acceptors (Lipinski definition) is 2. The SMILES string of the molecule is CC1Cc2ccccc2N(Cc2cc(F)cc(C#N)c2)C1. The van der Waals surface area contributed by atoms with Crippen molar-refractivity contribution in [2.45, 2.75) is 19.9 Å². The highest BCUT2D eigenvalue weighted by atomic mass is 19.1. The third-order valence-electron chi connectivity index (χ3n) is 3.89. The van der Waals surface area contributed by atoms with E-state index in [1.54, 1.807) is 6.07 Å². The average molecular weight is 280 g/mol. The van der Waals surface area contributed by atoms with E-state index >= 15 is 0 Å². The number of hydrogen-bond donors (Lipinski definition) is 0. The van der Waals surface area contributed by atoms with Crippen LogP contribution in [-0.2, 0) is 13.0 Å². The number of benzene rings is 2. The molecule has 0 radical (unpaired) electrons. The van der Waals surface area contributed by atoms with Crippen molar-refractivity contribution in [3.8, 4) is 6.07 Å². The molecule has 0 fully saturated rings. The van der Waals surface area contributed by atoms with E-state index < -0.39 is 0 Å². The van der Waals surface area contributed by atoms with Crippen LogP contribution < -0.4 is 4.90 Å². The van der Waals surface area contributed by atoms with Gasteiger partial charge >= 0.3 is 0 Å². The van der Waals surface area contributed by atoms with Crippen molar-refractivity contribution in [3.05, 3.63) is 65.0 Å². The molecule has 1 heterocycles. The van der Waals surface area contributed by atoms with E-state index in [-0.39, 0.29) is 5.82 Å². The van der Waals surface area contributed by atoms with E-state index in [1.165, 1.54) is 23.4 Å². The van der Waals surface area contributed by atoms with Crippen molar-refractivity contribution in [3.63, 3.8) is 0 Å². The van der Waals surface area contributed by atoms with Gasteiger partial charge in [0.25, 0.3) is 0 Å². The molecule has 1 atom stereocenters. The van der Waals surface area contributed by atoms with Gasteiger partial charge in [0.2, 0.25) is 0 Å². The van der Waals surface area contributed by atoms with Crippen molar-refractivity contribution in [2.75, 3.05) is 11.4 Å². The lowest BCUT2D eigenvalue weighted by Crippen LogP contribution is -2.33. The van der Waals surface area contributed by atoms with Crippen LogP contribution in [0.4, 0.5) is 10.1 Å². The van der Waals surface area contributed by atoms with Crippen LogP contribution in [-0.4, -0.2) is 6.54 Å². The molecule has 3 rings (SSSR count). The number of nitrogens with zero attached hydrogens (tertiary/aromatic N) is 2.